The van der Waals surface area contributed by atoms with Crippen molar-refractivity contribution in [3.63, 3.8) is 0 Å². The Kier molecular flexibility index (Phi) is 4.52. The molecule has 0 radical (unpaired) electrons. The van der Waals surface area contributed by atoms with Crippen LogP contribution < -0.4 is 10.7 Å². The molecule has 0 amide bonds. The number of benzene rings is 2. The molecule has 0 heterocycles. The Morgan fingerprint density at radius 2 is 1.80 bits per heavy atom. The van der Waals surface area contributed by atoms with E-state index < -0.39 is 0 Å². The Hall–Kier alpha value is -2.60. The largest absolute Gasteiger partial charge is 0.504 e. The first-order valence-electron chi connectivity index (χ1n) is 5.82. The summed E-state index contributed by atoms with van der Waals surface area (Å²) in [5, 5.41) is 25.8. The average molecular weight is 287 g/mol. The summed E-state index contributed by atoms with van der Waals surface area (Å²) in [4.78, 5) is 0. The lowest BCUT2D eigenvalue weighted by atomic mass is 10.2. The van der Waals surface area contributed by atoms with Crippen molar-refractivity contribution in [3.8, 4) is 11.5 Å². The topological polar surface area (TPSA) is 76.9 Å². The standard InChI is InChI=1S/C14H13N3O2S/c18-12-7-6-10(8-13(12)19)9-15-17-14(20)16-11-4-2-1-3-5-11/h1-9,18-19H,(H2,16,17,20)/b15-9+. The first-order valence-corrected chi connectivity index (χ1v) is 6.23. The van der Waals surface area contributed by atoms with Crippen molar-refractivity contribution >= 4 is 29.2 Å². The summed E-state index contributed by atoms with van der Waals surface area (Å²) in [7, 11) is 0. The summed E-state index contributed by atoms with van der Waals surface area (Å²) in [6, 6.07) is 13.9. The minimum Gasteiger partial charge on any atom is -0.504 e. The van der Waals surface area contributed by atoms with Crippen molar-refractivity contribution in [2.45, 2.75) is 0 Å². The van der Waals surface area contributed by atoms with Gasteiger partial charge in [-0.05, 0) is 48.1 Å². The fraction of sp³-hybridized carbons (Fsp3) is 0. The van der Waals surface area contributed by atoms with Gasteiger partial charge in [0.2, 0.25) is 0 Å². The second-order valence-corrected chi connectivity index (χ2v) is 4.35. The van der Waals surface area contributed by atoms with E-state index in [0.29, 0.717) is 10.7 Å². The third kappa shape index (κ3) is 3.96. The molecule has 2 aromatic carbocycles. The summed E-state index contributed by atoms with van der Waals surface area (Å²) >= 11 is 5.07. The van der Waals surface area contributed by atoms with Gasteiger partial charge in [0.05, 0.1) is 6.21 Å². The van der Waals surface area contributed by atoms with Crippen LogP contribution in [0.2, 0.25) is 0 Å². The monoisotopic (exact) mass is 287 g/mol. The minimum absolute atomic E-state index is 0.170. The molecule has 0 aliphatic carbocycles. The number of hydrogen-bond donors (Lipinski definition) is 4. The number of nitrogens with zero attached hydrogens (tertiary/aromatic N) is 1. The number of phenols is 2. The predicted molar refractivity (Wildman–Crippen MR) is 83.2 cm³/mol. The Labute approximate surface area is 121 Å². The molecule has 2 aromatic rings. The van der Waals surface area contributed by atoms with E-state index in [2.05, 4.69) is 15.8 Å². The first kappa shape index (κ1) is 13.8. The maximum Gasteiger partial charge on any atom is 0.191 e. The molecule has 0 aliphatic heterocycles. The number of thiocarbonyl (C=S) groups is 1. The number of aromatic hydroxyl groups is 2. The average Bonchev–Trinajstić information content (AvgIpc) is 2.44. The lowest BCUT2D eigenvalue weighted by molar-refractivity contribution is 0.403. The number of phenolic OH excluding ortho intramolecular Hbond substituents is 2. The van der Waals surface area contributed by atoms with E-state index in [9.17, 15) is 10.2 Å². The lowest BCUT2D eigenvalue weighted by Crippen LogP contribution is -2.23. The molecule has 0 aliphatic rings. The van der Waals surface area contributed by atoms with Crippen molar-refractivity contribution in [2.75, 3.05) is 5.32 Å². The van der Waals surface area contributed by atoms with Gasteiger partial charge in [-0.3, -0.25) is 5.43 Å². The van der Waals surface area contributed by atoms with E-state index in [-0.39, 0.29) is 11.5 Å². The van der Waals surface area contributed by atoms with Gasteiger partial charge in [0.25, 0.3) is 0 Å². The molecule has 4 N–H and O–H groups in total. The van der Waals surface area contributed by atoms with Gasteiger partial charge < -0.3 is 15.5 Å². The molecule has 102 valence electrons. The number of hydrazone groups is 1. The normalized spacial score (nSPS) is 10.4. The van der Waals surface area contributed by atoms with Crippen LogP contribution in [0.15, 0.2) is 53.6 Å². The van der Waals surface area contributed by atoms with Crippen LogP contribution >= 0.6 is 12.2 Å². The molecule has 0 saturated heterocycles. The van der Waals surface area contributed by atoms with Crippen LogP contribution in [0.5, 0.6) is 11.5 Å². The molecule has 0 fully saturated rings. The van der Waals surface area contributed by atoms with E-state index in [4.69, 9.17) is 12.2 Å². The maximum atomic E-state index is 9.33. The second kappa shape index (κ2) is 6.53. The summed E-state index contributed by atoms with van der Waals surface area (Å²) in [5.41, 5.74) is 4.16. The highest BCUT2D eigenvalue weighted by Gasteiger charge is 1.98. The fourth-order valence-electron chi connectivity index (χ4n) is 1.47. The van der Waals surface area contributed by atoms with Gasteiger partial charge in [-0.15, -0.1) is 0 Å². The number of anilines is 1. The number of para-hydroxylation sites is 1. The van der Waals surface area contributed by atoms with E-state index in [1.165, 1.54) is 18.3 Å². The summed E-state index contributed by atoms with van der Waals surface area (Å²) in [5.74, 6) is -0.365. The second-order valence-electron chi connectivity index (χ2n) is 3.94. The molecular weight excluding hydrogens is 274 g/mol. The highest BCUT2D eigenvalue weighted by Crippen LogP contribution is 2.23. The summed E-state index contributed by atoms with van der Waals surface area (Å²) < 4.78 is 0. The van der Waals surface area contributed by atoms with Crippen molar-refractivity contribution in [3.05, 3.63) is 54.1 Å². The van der Waals surface area contributed by atoms with Crippen LogP contribution in [0.1, 0.15) is 5.56 Å². The lowest BCUT2D eigenvalue weighted by Gasteiger charge is -2.06. The molecule has 0 saturated carbocycles. The van der Waals surface area contributed by atoms with E-state index in [1.54, 1.807) is 6.07 Å². The van der Waals surface area contributed by atoms with Gasteiger partial charge in [0.1, 0.15) is 0 Å². The molecular formula is C14H13N3O2S. The van der Waals surface area contributed by atoms with Crippen LogP contribution in [0.3, 0.4) is 0 Å². The van der Waals surface area contributed by atoms with Gasteiger partial charge in [-0.25, -0.2) is 0 Å². The zero-order valence-corrected chi connectivity index (χ0v) is 11.3. The number of nitrogens with one attached hydrogen (secondary N) is 2. The number of rotatable bonds is 3. The minimum atomic E-state index is -0.195. The SMILES string of the molecule is Oc1ccc(/C=N/NC(=S)Nc2ccccc2)cc1O. The summed E-state index contributed by atoms with van der Waals surface area (Å²) in [6.45, 7) is 0. The van der Waals surface area contributed by atoms with Crippen LogP contribution in [-0.2, 0) is 0 Å². The zero-order chi connectivity index (χ0) is 14.4. The van der Waals surface area contributed by atoms with Crippen LogP contribution in [0.4, 0.5) is 5.69 Å². The third-order valence-corrected chi connectivity index (χ3v) is 2.60. The summed E-state index contributed by atoms with van der Waals surface area (Å²) in [6.07, 6.45) is 1.48. The van der Waals surface area contributed by atoms with Crippen molar-refractivity contribution in [1.29, 1.82) is 0 Å². The quantitative estimate of drug-likeness (QED) is 0.302. The van der Waals surface area contributed by atoms with Crippen molar-refractivity contribution in [1.82, 2.24) is 5.43 Å². The Morgan fingerprint density at radius 1 is 1.05 bits per heavy atom. The molecule has 5 nitrogen and oxygen atoms in total. The Morgan fingerprint density at radius 3 is 2.50 bits per heavy atom. The molecule has 0 bridgehead atoms. The van der Waals surface area contributed by atoms with E-state index in [0.717, 1.165) is 5.69 Å². The molecule has 0 unspecified atom stereocenters. The van der Waals surface area contributed by atoms with Gasteiger partial charge in [-0.1, -0.05) is 18.2 Å². The molecule has 2 rings (SSSR count). The Balaban J connectivity index is 1.89. The molecule has 0 aromatic heterocycles. The third-order valence-electron chi connectivity index (χ3n) is 2.41. The highest BCUT2D eigenvalue weighted by atomic mass is 32.1. The van der Waals surface area contributed by atoms with Gasteiger partial charge in [0.15, 0.2) is 16.6 Å². The van der Waals surface area contributed by atoms with E-state index >= 15 is 0 Å². The number of hydrogen-bond acceptors (Lipinski definition) is 4. The predicted octanol–water partition coefficient (Wildman–Crippen LogP) is 2.42. The van der Waals surface area contributed by atoms with Gasteiger partial charge >= 0.3 is 0 Å². The molecule has 0 spiro atoms. The van der Waals surface area contributed by atoms with Crippen LogP contribution in [-0.4, -0.2) is 21.5 Å². The highest BCUT2D eigenvalue weighted by molar-refractivity contribution is 7.80. The van der Waals surface area contributed by atoms with Crippen LogP contribution in [0, 0.1) is 0 Å². The smallest absolute Gasteiger partial charge is 0.191 e. The maximum absolute atomic E-state index is 9.33. The molecule has 20 heavy (non-hydrogen) atoms. The molecule has 0 atom stereocenters. The zero-order valence-electron chi connectivity index (χ0n) is 10.4. The fourth-order valence-corrected chi connectivity index (χ4v) is 1.64. The van der Waals surface area contributed by atoms with Gasteiger partial charge in [0, 0.05) is 5.69 Å². The molecule has 6 heteroatoms. The van der Waals surface area contributed by atoms with Crippen LogP contribution in [0.25, 0.3) is 0 Å². The first-order chi connectivity index (χ1) is 9.65. The van der Waals surface area contributed by atoms with E-state index in [1.807, 2.05) is 30.3 Å². The van der Waals surface area contributed by atoms with Crippen molar-refractivity contribution < 1.29 is 10.2 Å². The Bertz CT molecular complexity index is 630. The van der Waals surface area contributed by atoms with Gasteiger partial charge in [-0.2, -0.15) is 5.10 Å². The van der Waals surface area contributed by atoms with Crippen molar-refractivity contribution in [2.24, 2.45) is 5.10 Å².